The van der Waals surface area contributed by atoms with Gasteiger partial charge in [-0.05, 0) is 74.6 Å². The van der Waals surface area contributed by atoms with Gasteiger partial charge in [-0.15, -0.1) is 11.6 Å². The molecule has 3 fully saturated rings. The van der Waals surface area contributed by atoms with E-state index in [0.29, 0.717) is 50.0 Å². The maximum Gasteiger partial charge on any atom is 0.416 e. The number of hydrogen-bond acceptors (Lipinski definition) is 4. The van der Waals surface area contributed by atoms with E-state index in [4.69, 9.17) is 16.3 Å². The van der Waals surface area contributed by atoms with Crippen LogP contribution in [-0.4, -0.2) is 70.9 Å². The number of piperidine rings is 2. The van der Waals surface area contributed by atoms with Crippen LogP contribution in [0.15, 0.2) is 42.5 Å². The van der Waals surface area contributed by atoms with Gasteiger partial charge in [0.05, 0.1) is 23.3 Å². The van der Waals surface area contributed by atoms with Crippen LogP contribution in [0, 0.1) is 5.82 Å². The molecule has 2 amide bonds. The van der Waals surface area contributed by atoms with Crippen LogP contribution in [-0.2, 0) is 26.7 Å². The summed E-state index contributed by atoms with van der Waals surface area (Å²) in [6, 6.07) is 6.50. The molecular weight excluding hydrogens is 643 g/mol. The number of benzene rings is 2. The van der Waals surface area contributed by atoms with Crippen molar-refractivity contribution in [2.24, 2.45) is 0 Å². The molecule has 2 unspecified atom stereocenters. The lowest BCUT2D eigenvalue weighted by atomic mass is 9.82. The first-order valence-electron chi connectivity index (χ1n) is 15.1. The van der Waals surface area contributed by atoms with Gasteiger partial charge in [0.2, 0.25) is 11.8 Å². The van der Waals surface area contributed by atoms with E-state index in [0.717, 1.165) is 0 Å². The summed E-state index contributed by atoms with van der Waals surface area (Å²) in [7, 11) is 0. The Hall–Kier alpha value is -2.90. The smallest absolute Gasteiger partial charge is 0.368 e. The number of fused-ring (bicyclic) bond motifs is 1. The first-order valence-corrected chi connectivity index (χ1v) is 15.6. The fraction of sp³-hybridized carbons (Fsp3) is 0.562. The van der Waals surface area contributed by atoms with Gasteiger partial charge in [-0.2, -0.15) is 26.3 Å². The second-order valence-corrected chi connectivity index (χ2v) is 13.0. The Morgan fingerprint density at radius 1 is 1.04 bits per heavy atom. The van der Waals surface area contributed by atoms with Gasteiger partial charge >= 0.3 is 12.4 Å². The summed E-state index contributed by atoms with van der Waals surface area (Å²) in [6.45, 7) is 4.66. The molecular formula is C32H35ClF7N3O3. The molecule has 3 aliphatic heterocycles. The molecule has 14 heteroatoms. The Bertz CT molecular complexity index is 1400. The highest BCUT2D eigenvalue weighted by Crippen LogP contribution is 2.45. The van der Waals surface area contributed by atoms with Gasteiger partial charge in [0, 0.05) is 49.6 Å². The lowest BCUT2D eigenvalue weighted by molar-refractivity contribution is -0.143. The molecule has 0 saturated carbocycles. The highest BCUT2D eigenvalue weighted by molar-refractivity contribution is 6.27. The van der Waals surface area contributed by atoms with Crippen molar-refractivity contribution < 1.29 is 45.1 Å². The van der Waals surface area contributed by atoms with Gasteiger partial charge in [0.25, 0.3) is 0 Å². The zero-order valence-electron chi connectivity index (χ0n) is 25.2. The largest absolute Gasteiger partial charge is 0.416 e. The summed E-state index contributed by atoms with van der Waals surface area (Å²) in [5.41, 5.74) is -2.96. The Morgan fingerprint density at radius 2 is 1.63 bits per heavy atom. The zero-order chi connectivity index (χ0) is 33.6. The molecule has 252 valence electrons. The number of ether oxygens (including phenoxy) is 1. The minimum atomic E-state index is -5.01. The molecule has 6 nitrogen and oxygen atoms in total. The van der Waals surface area contributed by atoms with E-state index in [1.54, 1.807) is 17.0 Å². The van der Waals surface area contributed by atoms with Crippen molar-refractivity contribution in [3.05, 3.63) is 70.5 Å². The van der Waals surface area contributed by atoms with Crippen LogP contribution >= 0.6 is 11.6 Å². The molecule has 2 aromatic carbocycles. The zero-order valence-corrected chi connectivity index (χ0v) is 26.0. The quantitative estimate of drug-likeness (QED) is 0.263. The van der Waals surface area contributed by atoms with Gasteiger partial charge < -0.3 is 15.0 Å². The number of hydrogen-bond donors (Lipinski definition) is 1. The number of carbonyl (C=O) groups excluding carboxylic acids is 2. The average molecular weight is 678 g/mol. The highest BCUT2D eigenvalue weighted by atomic mass is 35.5. The maximum absolute atomic E-state index is 13.9. The summed E-state index contributed by atoms with van der Waals surface area (Å²) < 4.78 is 102. The van der Waals surface area contributed by atoms with Crippen molar-refractivity contribution in [2.45, 2.75) is 87.6 Å². The van der Waals surface area contributed by atoms with Crippen LogP contribution in [0.5, 0.6) is 0 Å². The topological polar surface area (TPSA) is 61.9 Å². The number of alkyl halides is 7. The van der Waals surface area contributed by atoms with E-state index in [9.17, 15) is 40.3 Å². The van der Waals surface area contributed by atoms with Crippen molar-refractivity contribution in [3.8, 4) is 0 Å². The number of carbonyl (C=O) groups is 2. The van der Waals surface area contributed by atoms with E-state index in [2.05, 4.69) is 10.2 Å². The van der Waals surface area contributed by atoms with Gasteiger partial charge in [0.15, 0.2) is 0 Å². The lowest BCUT2D eigenvalue weighted by Crippen LogP contribution is -2.58. The first-order chi connectivity index (χ1) is 21.5. The third kappa shape index (κ3) is 7.46. The minimum absolute atomic E-state index is 0.0706. The second kappa shape index (κ2) is 13.0. The van der Waals surface area contributed by atoms with E-state index >= 15 is 0 Å². The van der Waals surface area contributed by atoms with Crippen molar-refractivity contribution in [3.63, 3.8) is 0 Å². The summed E-state index contributed by atoms with van der Waals surface area (Å²) in [5.74, 6) is -1.54. The molecule has 3 heterocycles. The van der Waals surface area contributed by atoms with Gasteiger partial charge in [-0.3, -0.25) is 14.5 Å². The van der Waals surface area contributed by atoms with Crippen LogP contribution < -0.4 is 5.32 Å². The number of nitrogens with one attached hydrogen (secondary N) is 1. The summed E-state index contributed by atoms with van der Waals surface area (Å²) in [4.78, 5) is 29.3. The minimum Gasteiger partial charge on any atom is -0.368 e. The fourth-order valence-electron chi connectivity index (χ4n) is 7.09. The third-order valence-corrected chi connectivity index (χ3v) is 9.77. The summed E-state index contributed by atoms with van der Waals surface area (Å²) >= 11 is 5.67. The molecule has 0 radical (unpaired) electrons. The SMILES string of the molecule is C[C@@H](O[C@H]1CN2C(=O)CC(N3CCC(C)(NC(=O)CCl)CC3)C[C@H]2C1c1ccc(F)cc1)c1cc(C(F)(F)F)cc(C(F)(F)F)c1. The van der Waals surface area contributed by atoms with Crippen LogP contribution in [0.4, 0.5) is 30.7 Å². The molecule has 3 aliphatic rings. The van der Waals surface area contributed by atoms with E-state index in [-0.39, 0.29) is 48.3 Å². The van der Waals surface area contributed by atoms with Crippen LogP contribution in [0.1, 0.15) is 73.8 Å². The fourth-order valence-corrected chi connectivity index (χ4v) is 7.15. The number of amides is 2. The molecule has 0 spiro atoms. The van der Waals surface area contributed by atoms with Crippen LogP contribution in [0.3, 0.4) is 0 Å². The second-order valence-electron chi connectivity index (χ2n) is 12.7. The first kappa shape index (κ1) is 34.4. The molecule has 0 bridgehead atoms. The number of likely N-dealkylation sites (tertiary alicyclic amines) is 1. The molecule has 46 heavy (non-hydrogen) atoms. The molecule has 5 atom stereocenters. The molecule has 5 rings (SSSR count). The van der Waals surface area contributed by atoms with Crippen molar-refractivity contribution in [2.75, 3.05) is 25.5 Å². The van der Waals surface area contributed by atoms with Crippen molar-refractivity contribution in [1.82, 2.24) is 15.1 Å². The molecule has 3 saturated heterocycles. The molecule has 0 aromatic heterocycles. The van der Waals surface area contributed by atoms with Gasteiger partial charge in [-0.25, -0.2) is 4.39 Å². The number of rotatable bonds is 7. The number of nitrogens with zero attached hydrogens (tertiary/aromatic N) is 2. The summed E-state index contributed by atoms with van der Waals surface area (Å²) in [6.07, 6.45) is -9.94. The molecule has 1 N–H and O–H groups in total. The van der Waals surface area contributed by atoms with Gasteiger partial charge in [0.1, 0.15) is 11.7 Å². The lowest BCUT2D eigenvalue weighted by Gasteiger charge is -2.46. The normalized spacial score (nSPS) is 26.1. The average Bonchev–Trinajstić information content (AvgIpc) is 3.34. The standard InChI is InChI=1S/C32H35ClF7N3O3/c1-18(20-11-21(31(35,36)37)13-22(12-20)32(38,39)40)46-26-17-43-25(29(26)19-3-5-23(34)6-4-19)14-24(15-28(43)45)42-9-7-30(2,8-10-42)41-27(44)16-33/h3-6,11-13,18,24-26,29H,7-10,14-17H2,1-2H3,(H,41,44)/t18-,24?,25+,26+,29?/m1/s1. The van der Waals surface area contributed by atoms with Gasteiger partial charge in [-0.1, -0.05) is 12.1 Å². The number of halogens is 8. The predicted octanol–water partition coefficient (Wildman–Crippen LogP) is 6.68. The Morgan fingerprint density at radius 3 is 2.17 bits per heavy atom. The molecule has 2 aromatic rings. The molecule has 0 aliphatic carbocycles. The summed E-state index contributed by atoms with van der Waals surface area (Å²) in [5, 5.41) is 2.96. The third-order valence-electron chi connectivity index (χ3n) is 9.53. The van der Waals surface area contributed by atoms with Crippen LogP contribution in [0.2, 0.25) is 0 Å². The van der Waals surface area contributed by atoms with Crippen molar-refractivity contribution >= 4 is 23.4 Å². The maximum atomic E-state index is 13.9. The van der Waals surface area contributed by atoms with Crippen molar-refractivity contribution in [1.29, 1.82) is 0 Å². The monoisotopic (exact) mass is 677 g/mol. The Kier molecular flexibility index (Phi) is 9.70. The Balaban J connectivity index is 1.40. The Labute approximate surface area is 267 Å². The van der Waals surface area contributed by atoms with Crippen LogP contribution in [0.25, 0.3) is 0 Å². The van der Waals surface area contributed by atoms with E-state index in [1.807, 2.05) is 6.92 Å². The predicted molar refractivity (Wildman–Crippen MR) is 155 cm³/mol. The highest BCUT2D eigenvalue weighted by Gasteiger charge is 2.51. The van der Waals surface area contributed by atoms with E-state index in [1.165, 1.54) is 19.1 Å². The van der Waals surface area contributed by atoms with E-state index < -0.39 is 59.0 Å².